The van der Waals surface area contributed by atoms with E-state index in [0.29, 0.717) is 47.2 Å². The summed E-state index contributed by atoms with van der Waals surface area (Å²) in [7, 11) is 4.74. The third kappa shape index (κ3) is 3.40. The fourth-order valence-corrected chi connectivity index (χ4v) is 3.34. The van der Waals surface area contributed by atoms with Crippen LogP contribution in [0.4, 0.5) is 5.69 Å². The number of methoxy groups -OCH3 is 3. The van der Waals surface area contributed by atoms with Gasteiger partial charge in [-0.2, -0.15) is 0 Å². The lowest BCUT2D eigenvalue weighted by molar-refractivity contribution is -0.118. The Hall–Kier alpha value is -3.48. The molecule has 0 saturated heterocycles. The Morgan fingerprint density at radius 1 is 0.966 bits per heavy atom. The first-order valence-electron chi connectivity index (χ1n) is 9.25. The summed E-state index contributed by atoms with van der Waals surface area (Å²) in [4.78, 5) is 13.0. The van der Waals surface area contributed by atoms with E-state index >= 15 is 0 Å². The molecule has 1 fully saturated rings. The molecular formula is C22H22N2O5. The molecular weight excluding hydrogens is 372 g/mol. The van der Waals surface area contributed by atoms with Crippen molar-refractivity contribution in [3.05, 3.63) is 54.2 Å². The summed E-state index contributed by atoms with van der Waals surface area (Å²) in [5.41, 5.74) is 1.37. The first-order chi connectivity index (χ1) is 14.1. The van der Waals surface area contributed by atoms with Crippen molar-refractivity contribution >= 4 is 11.6 Å². The number of nitrogens with one attached hydrogen (secondary N) is 1. The second kappa shape index (κ2) is 7.50. The quantitative estimate of drug-likeness (QED) is 0.651. The van der Waals surface area contributed by atoms with Crippen molar-refractivity contribution in [1.29, 1.82) is 0 Å². The number of rotatable bonds is 7. The third-order valence-electron chi connectivity index (χ3n) is 5.21. The Kier molecular flexibility index (Phi) is 4.88. The zero-order valence-corrected chi connectivity index (χ0v) is 16.5. The van der Waals surface area contributed by atoms with Gasteiger partial charge in [0.1, 0.15) is 5.75 Å². The lowest BCUT2D eigenvalue weighted by Crippen LogP contribution is -2.28. The number of nitrogens with zero attached hydrogens (tertiary/aromatic N) is 1. The van der Waals surface area contributed by atoms with Crippen molar-refractivity contribution < 1.29 is 23.5 Å². The molecule has 1 N–H and O–H groups in total. The molecule has 1 amide bonds. The number of amides is 1. The SMILES string of the molecule is COc1ccccc1NC(=O)C1(c2cc(-c3ccc(OC)c(OC)c3)on2)CC1. The number of anilines is 1. The van der Waals surface area contributed by atoms with Crippen molar-refractivity contribution in [1.82, 2.24) is 5.16 Å². The van der Waals surface area contributed by atoms with Gasteiger partial charge in [-0.1, -0.05) is 17.3 Å². The first kappa shape index (κ1) is 18.9. The van der Waals surface area contributed by atoms with E-state index in [-0.39, 0.29) is 5.91 Å². The van der Waals surface area contributed by atoms with Crippen LogP contribution in [0.15, 0.2) is 53.1 Å². The van der Waals surface area contributed by atoms with Crippen molar-refractivity contribution in [2.75, 3.05) is 26.6 Å². The van der Waals surface area contributed by atoms with Gasteiger partial charge in [-0.25, -0.2) is 0 Å². The van der Waals surface area contributed by atoms with Gasteiger partial charge in [0.05, 0.1) is 38.1 Å². The molecule has 0 spiro atoms. The van der Waals surface area contributed by atoms with Crippen LogP contribution in [0.5, 0.6) is 17.2 Å². The monoisotopic (exact) mass is 394 g/mol. The number of benzene rings is 2. The predicted octanol–water partition coefficient (Wildman–Crippen LogP) is 4.04. The van der Waals surface area contributed by atoms with Crippen LogP contribution in [0, 0.1) is 0 Å². The minimum atomic E-state index is -0.681. The summed E-state index contributed by atoms with van der Waals surface area (Å²) in [6, 6.07) is 14.6. The molecule has 1 aliphatic carbocycles. The van der Waals surface area contributed by atoms with E-state index in [4.69, 9.17) is 18.7 Å². The number of carbonyl (C=O) groups excluding carboxylic acids is 1. The largest absolute Gasteiger partial charge is 0.495 e. The van der Waals surface area contributed by atoms with Gasteiger partial charge in [0.25, 0.3) is 0 Å². The molecule has 1 heterocycles. The smallest absolute Gasteiger partial charge is 0.236 e. The highest BCUT2D eigenvalue weighted by molar-refractivity contribution is 6.02. The molecule has 3 aromatic rings. The van der Waals surface area contributed by atoms with Crippen LogP contribution in [0.25, 0.3) is 11.3 Å². The molecule has 1 aromatic heterocycles. The number of aromatic nitrogens is 1. The Morgan fingerprint density at radius 3 is 2.38 bits per heavy atom. The van der Waals surface area contributed by atoms with Crippen LogP contribution < -0.4 is 19.5 Å². The minimum absolute atomic E-state index is 0.117. The first-order valence-corrected chi connectivity index (χ1v) is 9.25. The molecule has 7 nitrogen and oxygen atoms in total. The molecule has 1 aliphatic rings. The highest BCUT2D eigenvalue weighted by atomic mass is 16.5. The van der Waals surface area contributed by atoms with E-state index in [1.807, 2.05) is 36.4 Å². The molecule has 4 rings (SSSR count). The van der Waals surface area contributed by atoms with Gasteiger partial charge in [-0.15, -0.1) is 0 Å². The lowest BCUT2D eigenvalue weighted by atomic mass is 10.00. The van der Waals surface area contributed by atoms with Gasteiger partial charge in [0, 0.05) is 11.6 Å². The maximum absolute atomic E-state index is 13.0. The van der Waals surface area contributed by atoms with E-state index < -0.39 is 5.41 Å². The van der Waals surface area contributed by atoms with E-state index in [0.717, 1.165) is 5.56 Å². The number of hydrogen-bond donors (Lipinski definition) is 1. The van der Waals surface area contributed by atoms with Gasteiger partial charge >= 0.3 is 0 Å². The summed E-state index contributed by atoms with van der Waals surface area (Å²) < 4.78 is 21.5. The molecule has 0 atom stereocenters. The lowest BCUT2D eigenvalue weighted by Gasteiger charge is -2.14. The van der Waals surface area contributed by atoms with Crippen LogP contribution >= 0.6 is 0 Å². The van der Waals surface area contributed by atoms with E-state index in [1.54, 1.807) is 33.5 Å². The molecule has 7 heteroatoms. The molecule has 1 saturated carbocycles. The second-order valence-corrected chi connectivity index (χ2v) is 6.88. The van der Waals surface area contributed by atoms with Crippen molar-refractivity contribution in [3.8, 4) is 28.6 Å². The third-order valence-corrected chi connectivity index (χ3v) is 5.21. The molecule has 150 valence electrons. The summed E-state index contributed by atoms with van der Waals surface area (Å²) >= 11 is 0. The number of hydrogen-bond acceptors (Lipinski definition) is 6. The number of para-hydroxylation sites is 2. The van der Waals surface area contributed by atoms with Crippen LogP contribution in [-0.2, 0) is 10.2 Å². The topological polar surface area (TPSA) is 82.8 Å². The number of ether oxygens (including phenoxy) is 3. The molecule has 0 radical (unpaired) electrons. The Labute approximate surface area is 168 Å². The van der Waals surface area contributed by atoms with Gasteiger partial charge in [-0.05, 0) is 43.2 Å². The predicted molar refractivity (Wildman–Crippen MR) is 108 cm³/mol. The maximum atomic E-state index is 13.0. The highest BCUT2D eigenvalue weighted by Crippen LogP contribution is 2.49. The summed E-state index contributed by atoms with van der Waals surface area (Å²) in [5, 5.41) is 7.15. The Morgan fingerprint density at radius 2 is 1.69 bits per heavy atom. The fraction of sp³-hybridized carbons (Fsp3) is 0.273. The van der Waals surface area contributed by atoms with Gasteiger partial charge in [-0.3, -0.25) is 4.79 Å². The molecule has 2 aromatic carbocycles. The van der Waals surface area contributed by atoms with E-state index in [2.05, 4.69) is 10.5 Å². The van der Waals surface area contributed by atoms with Crippen LogP contribution in [0.1, 0.15) is 18.5 Å². The van der Waals surface area contributed by atoms with Crippen LogP contribution in [-0.4, -0.2) is 32.4 Å². The van der Waals surface area contributed by atoms with Crippen molar-refractivity contribution in [2.45, 2.75) is 18.3 Å². The molecule has 29 heavy (non-hydrogen) atoms. The summed E-state index contributed by atoms with van der Waals surface area (Å²) in [5.74, 6) is 2.29. The fourth-order valence-electron chi connectivity index (χ4n) is 3.34. The van der Waals surface area contributed by atoms with Gasteiger partial charge < -0.3 is 24.1 Å². The van der Waals surface area contributed by atoms with Crippen molar-refractivity contribution in [3.63, 3.8) is 0 Å². The van der Waals surface area contributed by atoms with Gasteiger partial charge in [0.15, 0.2) is 17.3 Å². The molecule has 0 aliphatic heterocycles. The number of carbonyl (C=O) groups is 1. The molecule has 0 bridgehead atoms. The maximum Gasteiger partial charge on any atom is 0.236 e. The van der Waals surface area contributed by atoms with E-state index in [1.165, 1.54) is 0 Å². The Balaban J connectivity index is 1.58. The highest BCUT2D eigenvalue weighted by Gasteiger charge is 2.54. The molecule has 0 unspecified atom stereocenters. The zero-order valence-electron chi connectivity index (χ0n) is 16.5. The summed E-state index contributed by atoms with van der Waals surface area (Å²) in [6.45, 7) is 0. The van der Waals surface area contributed by atoms with Gasteiger partial charge in [0.2, 0.25) is 5.91 Å². The minimum Gasteiger partial charge on any atom is -0.495 e. The standard InChI is InChI=1S/C22H22N2O5/c1-26-16-7-5-4-6-15(16)23-21(25)22(10-11-22)20-13-18(29-24-20)14-8-9-17(27-2)19(12-14)28-3/h4-9,12-13H,10-11H2,1-3H3,(H,23,25). The average Bonchev–Trinajstić information content (AvgIpc) is 3.43. The van der Waals surface area contributed by atoms with Crippen molar-refractivity contribution in [2.24, 2.45) is 0 Å². The second-order valence-electron chi connectivity index (χ2n) is 6.88. The zero-order chi connectivity index (χ0) is 20.4. The van der Waals surface area contributed by atoms with Crippen LogP contribution in [0.3, 0.4) is 0 Å². The van der Waals surface area contributed by atoms with E-state index in [9.17, 15) is 4.79 Å². The summed E-state index contributed by atoms with van der Waals surface area (Å²) in [6.07, 6.45) is 1.43. The normalized spacial score (nSPS) is 14.2. The Bertz CT molecular complexity index is 1040. The average molecular weight is 394 g/mol. The van der Waals surface area contributed by atoms with Crippen LogP contribution in [0.2, 0.25) is 0 Å².